The Bertz CT molecular complexity index is 874. The van der Waals surface area contributed by atoms with Crippen LogP contribution in [0.1, 0.15) is 33.0 Å². The molecule has 1 unspecified atom stereocenters. The molecule has 1 aromatic heterocycles. The molecule has 0 saturated carbocycles. The fourth-order valence-corrected chi connectivity index (χ4v) is 3.15. The number of nitrogens with zero attached hydrogens (tertiary/aromatic N) is 2. The summed E-state index contributed by atoms with van der Waals surface area (Å²) in [5.74, 6) is -0.413. The number of rotatable bonds is 6. The van der Waals surface area contributed by atoms with E-state index in [0.717, 1.165) is 29.7 Å². The van der Waals surface area contributed by atoms with Gasteiger partial charge in [-0.15, -0.1) is 0 Å². The number of esters is 1. The normalized spacial score (nSPS) is 12.0. The van der Waals surface area contributed by atoms with Crippen LogP contribution >= 0.6 is 0 Å². The first-order valence-electron chi connectivity index (χ1n) is 8.46. The summed E-state index contributed by atoms with van der Waals surface area (Å²) in [7, 11) is 1.38. The van der Waals surface area contributed by atoms with E-state index >= 15 is 0 Å². The lowest BCUT2D eigenvalue weighted by Gasteiger charge is -2.19. The van der Waals surface area contributed by atoms with E-state index in [1.54, 1.807) is 18.6 Å². The Hall–Kier alpha value is -2.95. The minimum Gasteiger partial charge on any atom is -0.465 e. The summed E-state index contributed by atoms with van der Waals surface area (Å²) in [6.07, 6.45) is 6.22. The molecule has 0 amide bonds. The molecule has 0 aliphatic carbocycles. The zero-order valence-corrected chi connectivity index (χ0v) is 14.9. The van der Waals surface area contributed by atoms with Crippen LogP contribution < -0.4 is 0 Å². The van der Waals surface area contributed by atoms with Gasteiger partial charge in [0.15, 0.2) is 0 Å². The van der Waals surface area contributed by atoms with E-state index in [1.165, 1.54) is 19.2 Å². The molecule has 1 heterocycles. The second kappa shape index (κ2) is 7.95. The van der Waals surface area contributed by atoms with E-state index in [9.17, 15) is 9.18 Å². The average Bonchev–Trinajstić information content (AvgIpc) is 3.14. The highest BCUT2D eigenvalue weighted by Crippen LogP contribution is 2.25. The van der Waals surface area contributed by atoms with Crippen molar-refractivity contribution in [2.75, 3.05) is 7.11 Å². The third-order valence-electron chi connectivity index (χ3n) is 4.51. The van der Waals surface area contributed by atoms with E-state index < -0.39 is 0 Å². The van der Waals surface area contributed by atoms with Crippen LogP contribution in [0, 0.1) is 12.7 Å². The number of hydrogen-bond acceptors (Lipinski definition) is 3. The van der Waals surface area contributed by atoms with Crippen molar-refractivity contribution in [2.24, 2.45) is 0 Å². The second-order valence-corrected chi connectivity index (χ2v) is 6.35. The summed E-state index contributed by atoms with van der Waals surface area (Å²) in [5, 5.41) is 0. The first-order valence-corrected chi connectivity index (χ1v) is 8.46. The lowest BCUT2D eigenvalue weighted by Crippen LogP contribution is -2.12. The van der Waals surface area contributed by atoms with Crippen LogP contribution in [0.3, 0.4) is 0 Å². The highest BCUT2D eigenvalue weighted by atomic mass is 19.1. The van der Waals surface area contributed by atoms with Crippen molar-refractivity contribution in [3.8, 4) is 0 Å². The summed E-state index contributed by atoms with van der Waals surface area (Å²) in [6.45, 7) is 2.64. The maximum atomic E-state index is 13.3. The zero-order chi connectivity index (χ0) is 18.5. The van der Waals surface area contributed by atoms with Crippen molar-refractivity contribution >= 4 is 5.97 Å². The molecule has 2 aromatic carbocycles. The van der Waals surface area contributed by atoms with E-state index in [4.69, 9.17) is 4.74 Å². The number of methoxy groups -OCH3 is 1. The Kier molecular flexibility index (Phi) is 5.46. The summed E-state index contributed by atoms with van der Waals surface area (Å²) in [6, 6.07) is 12.4. The van der Waals surface area contributed by atoms with Crippen molar-refractivity contribution in [1.29, 1.82) is 0 Å². The topological polar surface area (TPSA) is 44.1 Å². The van der Waals surface area contributed by atoms with Gasteiger partial charge in [0.25, 0.3) is 0 Å². The van der Waals surface area contributed by atoms with E-state index in [2.05, 4.69) is 4.98 Å². The van der Waals surface area contributed by atoms with Gasteiger partial charge in [-0.1, -0.05) is 24.3 Å². The van der Waals surface area contributed by atoms with Crippen LogP contribution in [-0.2, 0) is 17.7 Å². The van der Waals surface area contributed by atoms with Crippen LogP contribution in [0.25, 0.3) is 0 Å². The van der Waals surface area contributed by atoms with Crippen molar-refractivity contribution < 1.29 is 13.9 Å². The van der Waals surface area contributed by atoms with Crippen molar-refractivity contribution in [3.05, 3.63) is 89.3 Å². The summed E-state index contributed by atoms with van der Waals surface area (Å²) < 4.78 is 20.1. The maximum Gasteiger partial charge on any atom is 0.338 e. The van der Waals surface area contributed by atoms with Crippen LogP contribution in [0.4, 0.5) is 4.39 Å². The third kappa shape index (κ3) is 4.17. The lowest BCUT2D eigenvalue weighted by molar-refractivity contribution is 0.0600. The van der Waals surface area contributed by atoms with Gasteiger partial charge in [0.1, 0.15) is 5.82 Å². The van der Waals surface area contributed by atoms with Gasteiger partial charge in [-0.2, -0.15) is 0 Å². The van der Waals surface area contributed by atoms with Gasteiger partial charge < -0.3 is 9.30 Å². The molecule has 0 N–H and O–H groups in total. The number of aryl methyl sites for hydroxylation is 1. The van der Waals surface area contributed by atoms with Gasteiger partial charge in [0.2, 0.25) is 0 Å². The summed E-state index contributed by atoms with van der Waals surface area (Å²) in [5.41, 5.74) is 3.64. The van der Waals surface area contributed by atoms with Gasteiger partial charge >= 0.3 is 5.97 Å². The largest absolute Gasteiger partial charge is 0.465 e. The number of ether oxygens (including phenoxy) is 1. The number of imidazole rings is 1. The van der Waals surface area contributed by atoms with E-state index in [1.807, 2.05) is 42.0 Å². The summed E-state index contributed by atoms with van der Waals surface area (Å²) >= 11 is 0. The van der Waals surface area contributed by atoms with Gasteiger partial charge in [-0.3, -0.25) is 0 Å². The Morgan fingerprint density at radius 2 is 2.00 bits per heavy atom. The Morgan fingerprint density at radius 1 is 1.23 bits per heavy atom. The van der Waals surface area contributed by atoms with E-state index in [-0.39, 0.29) is 17.7 Å². The first kappa shape index (κ1) is 17.9. The van der Waals surface area contributed by atoms with Gasteiger partial charge in [0, 0.05) is 24.9 Å². The molecule has 1 atom stereocenters. The Labute approximate surface area is 152 Å². The zero-order valence-electron chi connectivity index (χ0n) is 14.9. The highest BCUT2D eigenvalue weighted by molar-refractivity contribution is 5.90. The van der Waals surface area contributed by atoms with Gasteiger partial charge in [0.05, 0.1) is 19.0 Å². The standard InChI is InChI=1S/C21H21FN2O2/c1-15-11-16(3-8-20(15)21(25)26-2)12-18(13-24-10-9-23-14-24)17-4-6-19(22)7-5-17/h3-11,14,18H,12-13H2,1-2H3. The molecule has 0 spiro atoms. The SMILES string of the molecule is COC(=O)c1ccc(CC(Cn2ccnc2)c2ccc(F)cc2)cc1C. The molecule has 26 heavy (non-hydrogen) atoms. The van der Waals surface area contributed by atoms with Gasteiger partial charge in [-0.05, 0) is 48.2 Å². The molecule has 0 aliphatic rings. The molecule has 0 saturated heterocycles. The number of hydrogen-bond donors (Lipinski definition) is 0. The fraction of sp³-hybridized carbons (Fsp3) is 0.238. The molecule has 0 bridgehead atoms. The molecular formula is C21H21FN2O2. The smallest absolute Gasteiger partial charge is 0.338 e. The number of carbonyl (C=O) groups excluding carboxylic acids is 1. The number of benzene rings is 2. The fourth-order valence-electron chi connectivity index (χ4n) is 3.15. The molecule has 0 radical (unpaired) electrons. The minimum atomic E-state index is -0.331. The molecule has 4 nitrogen and oxygen atoms in total. The van der Waals surface area contributed by atoms with Crippen molar-refractivity contribution in [2.45, 2.75) is 25.8 Å². The molecule has 3 aromatic rings. The van der Waals surface area contributed by atoms with E-state index in [0.29, 0.717) is 5.56 Å². The quantitative estimate of drug-likeness (QED) is 0.626. The Balaban J connectivity index is 1.86. The molecule has 0 fully saturated rings. The van der Waals surface area contributed by atoms with Crippen LogP contribution in [0.2, 0.25) is 0 Å². The predicted molar refractivity (Wildman–Crippen MR) is 97.6 cm³/mol. The molecule has 3 rings (SSSR count). The molecule has 5 heteroatoms. The van der Waals surface area contributed by atoms with Crippen molar-refractivity contribution in [1.82, 2.24) is 9.55 Å². The third-order valence-corrected chi connectivity index (χ3v) is 4.51. The lowest BCUT2D eigenvalue weighted by atomic mass is 9.90. The summed E-state index contributed by atoms with van der Waals surface area (Å²) in [4.78, 5) is 15.9. The predicted octanol–water partition coefficient (Wildman–Crippen LogP) is 4.14. The molecule has 0 aliphatic heterocycles. The van der Waals surface area contributed by atoms with Crippen LogP contribution in [-0.4, -0.2) is 22.6 Å². The number of halogens is 1. The highest BCUT2D eigenvalue weighted by Gasteiger charge is 2.16. The molecule has 134 valence electrons. The monoisotopic (exact) mass is 352 g/mol. The van der Waals surface area contributed by atoms with Gasteiger partial charge in [-0.25, -0.2) is 14.2 Å². The Morgan fingerprint density at radius 3 is 2.62 bits per heavy atom. The van der Waals surface area contributed by atoms with Crippen LogP contribution in [0.15, 0.2) is 61.2 Å². The second-order valence-electron chi connectivity index (χ2n) is 6.35. The van der Waals surface area contributed by atoms with Crippen molar-refractivity contribution in [3.63, 3.8) is 0 Å². The first-order chi connectivity index (χ1) is 12.6. The molecular weight excluding hydrogens is 331 g/mol. The number of aromatic nitrogens is 2. The minimum absolute atomic E-state index is 0.160. The average molecular weight is 352 g/mol. The number of carbonyl (C=O) groups is 1. The van der Waals surface area contributed by atoms with Crippen LogP contribution in [0.5, 0.6) is 0 Å². The maximum absolute atomic E-state index is 13.3.